The number of aliphatic hydroxyl groups is 1. The quantitative estimate of drug-likeness (QED) is 0.393. The average molecular weight is 466 g/mol. The van der Waals surface area contributed by atoms with Crippen molar-refractivity contribution in [2.24, 2.45) is 0 Å². The number of ether oxygens (including phenoxy) is 3. The number of aliphatic hydroxyl groups excluding tert-OH is 1. The zero-order valence-electron chi connectivity index (χ0n) is 18.8. The van der Waals surface area contributed by atoms with Crippen LogP contribution in [0.25, 0.3) is 5.76 Å². The first-order valence-electron chi connectivity index (χ1n) is 11.5. The van der Waals surface area contributed by atoms with E-state index in [1.54, 1.807) is 47.6 Å². The summed E-state index contributed by atoms with van der Waals surface area (Å²) in [6, 6.07) is 7.84. The highest BCUT2D eigenvalue weighted by Crippen LogP contribution is 2.41. The van der Waals surface area contributed by atoms with Gasteiger partial charge in [-0.2, -0.15) is 0 Å². The van der Waals surface area contributed by atoms with Gasteiger partial charge in [0.05, 0.1) is 24.8 Å². The molecular weight excluding hydrogens is 438 g/mol. The van der Waals surface area contributed by atoms with Gasteiger partial charge in [0.25, 0.3) is 11.7 Å². The number of carbonyl (C=O) groups is 2. The number of aromatic nitrogens is 1. The lowest BCUT2D eigenvalue weighted by Crippen LogP contribution is -2.38. The van der Waals surface area contributed by atoms with Crippen molar-refractivity contribution in [2.75, 3.05) is 52.6 Å². The molecule has 0 spiro atoms. The Hall–Kier alpha value is -3.43. The van der Waals surface area contributed by atoms with E-state index in [2.05, 4.69) is 9.88 Å². The molecule has 3 aliphatic heterocycles. The van der Waals surface area contributed by atoms with Crippen LogP contribution in [-0.2, 0) is 14.3 Å². The summed E-state index contributed by atoms with van der Waals surface area (Å²) in [5, 5.41) is 11.2. The minimum Gasteiger partial charge on any atom is -0.507 e. The molecule has 1 aromatic heterocycles. The lowest BCUT2D eigenvalue weighted by molar-refractivity contribution is -0.140. The highest BCUT2D eigenvalue weighted by atomic mass is 16.6. The van der Waals surface area contributed by atoms with Crippen LogP contribution in [0, 0.1) is 0 Å². The molecule has 9 nitrogen and oxygen atoms in total. The number of carbonyl (C=O) groups excluding carboxylic acids is 2. The zero-order chi connectivity index (χ0) is 23.5. The SMILES string of the molecule is O=C1C(=O)N(CCCN2CCOCC2)[C@H](c2ccncc2)C1=C(O)c1ccc2c(c1)OCCO2. The summed E-state index contributed by atoms with van der Waals surface area (Å²) in [4.78, 5) is 34.2. The van der Waals surface area contributed by atoms with Crippen LogP contribution in [0.4, 0.5) is 0 Å². The van der Waals surface area contributed by atoms with Gasteiger partial charge in [0.2, 0.25) is 0 Å². The van der Waals surface area contributed by atoms with E-state index in [0.29, 0.717) is 56.5 Å². The molecule has 1 aromatic carbocycles. The fourth-order valence-electron chi connectivity index (χ4n) is 4.64. The molecule has 4 heterocycles. The Morgan fingerprint density at radius 2 is 1.71 bits per heavy atom. The fraction of sp³-hybridized carbons (Fsp3) is 0.400. The molecule has 1 atom stereocenters. The van der Waals surface area contributed by atoms with Crippen LogP contribution in [0.3, 0.4) is 0 Å². The number of Topliss-reactive ketones (excluding diaryl/α,β-unsaturated/α-hetero) is 1. The van der Waals surface area contributed by atoms with Crippen molar-refractivity contribution in [2.45, 2.75) is 12.5 Å². The molecule has 9 heteroatoms. The molecule has 178 valence electrons. The van der Waals surface area contributed by atoms with Gasteiger partial charge < -0.3 is 24.2 Å². The number of amides is 1. The van der Waals surface area contributed by atoms with Crippen molar-refractivity contribution in [3.05, 3.63) is 59.4 Å². The molecule has 2 saturated heterocycles. The van der Waals surface area contributed by atoms with E-state index in [1.807, 2.05) is 0 Å². The standard InChI is InChI=1S/C25H27N3O6/c29-23(18-2-3-19-20(16-18)34-15-14-33-19)21-22(17-4-6-26-7-5-17)28(25(31)24(21)30)9-1-8-27-10-12-32-13-11-27/h2-7,16,22,29H,1,8-15H2/t22-/m1/s1. The monoisotopic (exact) mass is 465 g/mol. The van der Waals surface area contributed by atoms with Gasteiger partial charge in [0.1, 0.15) is 19.0 Å². The molecule has 5 rings (SSSR count). The molecule has 0 radical (unpaired) electrons. The maximum absolute atomic E-state index is 13.2. The van der Waals surface area contributed by atoms with Crippen LogP contribution >= 0.6 is 0 Å². The van der Waals surface area contributed by atoms with Gasteiger partial charge in [-0.15, -0.1) is 0 Å². The van der Waals surface area contributed by atoms with E-state index in [4.69, 9.17) is 14.2 Å². The summed E-state index contributed by atoms with van der Waals surface area (Å²) in [6.07, 6.45) is 3.94. The average Bonchev–Trinajstić information content (AvgIpc) is 3.14. The number of morpholine rings is 1. The highest BCUT2D eigenvalue weighted by molar-refractivity contribution is 6.46. The maximum atomic E-state index is 13.2. The summed E-state index contributed by atoms with van der Waals surface area (Å²) in [5.41, 5.74) is 1.19. The van der Waals surface area contributed by atoms with Crippen LogP contribution in [0.5, 0.6) is 11.5 Å². The van der Waals surface area contributed by atoms with Crippen molar-refractivity contribution in [3.63, 3.8) is 0 Å². The number of rotatable bonds is 6. The molecule has 0 bridgehead atoms. The second kappa shape index (κ2) is 9.82. The first-order chi connectivity index (χ1) is 16.6. The molecule has 2 aromatic rings. The third-order valence-electron chi connectivity index (χ3n) is 6.35. The topological polar surface area (TPSA) is 101 Å². The van der Waals surface area contributed by atoms with Gasteiger partial charge in [-0.25, -0.2) is 0 Å². The van der Waals surface area contributed by atoms with Crippen molar-refractivity contribution >= 4 is 17.4 Å². The third-order valence-corrected chi connectivity index (χ3v) is 6.35. The number of nitrogens with zero attached hydrogens (tertiary/aromatic N) is 3. The van der Waals surface area contributed by atoms with E-state index in [-0.39, 0.29) is 11.3 Å². The molecule has 0 saturated carbocycles. The minimum absolute atomic E-state index is 0.0688. The summed E-state index contributed by atoms with van der Waals surface area (Å²) in [6.45, 7) is 5.18. The second-order valence-electron chi connectivity index (χ2n) is 8.44. The van der Waals surface area contributed by atoms with E-state index >= 15 is 0 Å². The molecule has 0 aliphatic carbocycles. The van der Waals surface area contributed by atoms with Gasteiger partial charge in [0.15, 0.2) is 11.5 Å². The molecular formula is C25H27N3O6. The summed E-state index contributed by atoms with van der Waals surface area (Å²) >= 11 is 0. The van der Waals surface area contributed by atoms with E-state index < -0.39 is 17.7 Å². The Labute approximate surface area is 197 Å². The zero-order valence-corrected chi connectivity index (χ0v) is 18.8. The number of fused-ring (bicyclic) bond motifs is 1. The summed E-state index contributed by atoms with van der Waals surface area (Å²) in [5.74, 6) is -0.455. The molecule has 1 amide bonds. The number of likely N-dealkylation sites (tertiary alicyclic amines) is 1. The third kappa shape index (κ3) is 4.36. The Morgan fingerprint density at radius 1 is 0.971 bits per heavy atom. The second-order valence-corrected chi connectivity index (χ2v) is 8.44. The highest BCUT2D eigenvalue weighted by Gasteiger charge is 2.45. The number of hydrogen-bond donors (Lipinski definition) is 1. The predicted molar refractivity (Wildman–Crippen MR) is 123 cm³/mol. The number of benzene rings is 1. The van der Waals surface area contributed by atoms with Crippen molar-refractivity contribution in [3.8, 4) is 11.5 Å². The van der Waals surface area contributed by atoms with Crippen LogP contribution in [0.15, 0.2) is 48.3 Å². The van der Waals surface area contributed by atoms with Crippen molar-refractivity contribution in [1.82, 2.24) is 14.8 Å². The predicted octanol–water partition coefficient (Wildman–Crippen LogP) is 2.00. The summed E-state index contributed by atoms with van der Waals surface area (Å²) < 4.78 is 16.6. The van der Waals surface area contributed by atoms with E-state index in [0.717, 1.165) is 25.2 Å². The minimum atomic E-state index is -0.694. The molecule has 3 aliphatic rings. The molecule has 2 fully saturated rings. The first kappa shape index (κ1) is 22.4. The van der Waals surface area contributed by atoms with Crippen LogP contribution in [0.1, 0.15) is 23.6 Å². The first-order valence-corrected chi connectivity index (χ1v) is 11.5. The van der Waals surface area contributed by atoms with Crippen molar-refractivity contribution < 1.29 is 28.9 Å². The number of pyridine rings is 1. The van der Waals surface area contributed by atoms with E-state index in [9.17, 15) is 14.7 Å². The number of hydrogen-bond acceptors (Lipinski definition) is 8. The fourth-order valence-corrected chi connectivity index (χ4v) is 4.64. The molecule has 34 heavy (non-hydrogen) atoms. The smallest absolute Gasteiger partial charge is 0.295 e. The Morgan fingerprint density at radius 3 is 2.47 bits per heavy atom. The van der Waals surface area contributed by atoms with Gasteiger partial charge in [-0.1, -0.05) is 0 Å². The lowest BCUT2D eigenvalue weighted by atomic mass is 9.95. The Bertz CT molecular complexity index is 1100. The number of ketones is 1. The molecule has 1 N–H and O–H groups in total. The lowest BCUT2D eigenvalue weighted by Gasteiger charge is -2.29. The molecule has 0 unspecified atom stereocenters. The summed E-state index contributed by atoms with van der Waals surface area (Å²) in [7, 11) is 0. The van der Waals surface area contributed by atoms with Gasteiger partial charge >= 0.3 is 0 Å². The van der Waals surface area contributed by atoms with Crippen LogP contribution in [-0.4, -0.2) is 84.2 Å². The van der Waals surface area contributed by atoms with Gasteiger partial charge in [0, 0.05) is 44.1 Å². The Kier molecular flexibility index (Phi) is 6.46. The van der Waals surface area contributed by atoms with Crippen molar-refractivity contribution in [1.29, 1.82) is 0 Å². The largest absolute Gasteiger partial charge is 0.507 e. The van der Waals surface area contributed by atoms with E-state index in [1.165, 1.54) is 0 Å². The normalized spacial score (nSPS) is 22.2. The van der Waals surface area contributed by atoms with Crippen LogP contribution in [0.2, 0.25) is 0 Å². The Balaban J connectivity index is 1.46. The van der Waals surface area contributed by atoms with Crippen LogP contribution < -0.4 is 9.47 Å². The maximum Gasteiger partial charge on any atom is 0.295 e. The van der Waals surface area contributed by atoms with Gasteiger partial charge in [-0.05, 0) is 42.3 Å². The van der Waals surface area contributed by atoms with Gasteiger partial charge in [-0.3, -0.25) is 19.5 Å².